The Kier molecular flexibility index (Phi) is 5.63. The zero-order valence-corrected chi connectivity index (χ0v) is 17.6. The van der Waals surface area contributed by atoms with Crippen LogP contribution in [0.2, 0.25) is 0 Å². The van der Waals surface area contributed by atoms with E-state index >= 15 is 0 Å². The third kappa shape index (κ3) is 4.53. The van der Waals surface area contributed by atoms with Gasteiger partial charge in [-0.1, -0.05) is 36.4 Å². The summed E-state index contributed by atoms with van der Waals surface area (Å²) < 4.78 is 5.35. The van der Waals surface area contributed by atoms with Crippen molar-refractivity contribution in [1.82, 2.24) is 0 Å². The van der Waals surface area contributed by atoms with E-state index in [0.717, 1.165) is 23.1 Å². The summed E-state index contributed by atoms with van der Waals surface area (Å²) in [5, 5.41) is 5.62. The molecule has 2 amide bonds. The molecule has 2 aromatic carbocycles. The number of esters is 1. The van der Waals surface area contributed by atoms with Crippen molar-refractivity contribution in [3.05, 3.63) is 71.8 Å². The molecule has 31 heavy (non-hydrogen) atoms. The van der Waals surface area contributed by atoms with Crippen LogP contribution in [0.25, 0.3) is 0 Å². The van der Waals surface area contributed by atoms with Gasteiger partial charge < -0.3 is 15.4 Å². The summed E-state index contributed by atoms with van der Waals surface area (Å²) in [6.07, 6.45) is 2.36. The van der Waals surface area contributed by atoms with Gasteiger partial charge >= 0.3 is 5.97 Å². The van der Waals surface area contributed by atoms with Crippen molar-refractivity contribution in [2.75, 3.05) is 17.2 Å². The van der Waals surface area contributed by atoms with Gasteiger partial charge in [0.25, 0.3) is 0 Å². The SMILES string of the molecule is C=C1CC2COC(=O)C2(Cc2ccc(NC(=O)Cc3cccc(NC(C)=O)c3)cc2)C1. The molecule has 1 aliphatic heterocycles. The van der Waals surface area contributed by atoms with Crippen molar-refractivity contribution in [1.29, 1.82) is 0 Å². The Bertz CT molecular complexity index is 1040. The Morgan fingerprint density at radius 1 is 1.10 bits per heavy atom. The van der Waals surface area contributed by atoms with Gasteiger partial charge in [-0.05, 0) is 54.7 Å². The number of anilines is 2. The lowest BCUT2D eigenvalue weighted by Gasteiger charge is -2.24. The molecule has 0 radical (unpaired) electrons. The Morgan fingerprint density at radius 2 is 1.87 bits per heavy atom. The maximum absolute atomic E-state index is 12.5. The first-order chi connectivity index (χ1) is 14.8. The predicted molar refractivity (Wildman–Crippen MR) is 118 cm³/mol. The van der Waals surface area contributed by atoms with Crippen LogP contribution >= 0.6 is 0 Å². The maximum atomic E-state index is 12.5. The lowest BCUT2D eigenvalue weighted by molar-refractivity contribution is -0.146. The van der Waals surface area contributed by atoms with Gasteiger partial charge in [0.1, 0.15) is 0 Å². The molecule has 160 valence electrons. The molecule has 2 fully saturated rings. The lowest BCUT2D eigenvalue weighted by atomic mass is 9.75. The summed E-state index contributed by atoms with van der Waals surface area (Å²) in [6, 6.07) is 14.8. The zero-order chi connectivity index (χ0) is 22.0. The molecule has 0 spiro atoms. The van der Waals surface area contributed by atoms with Crippen LogP contribution in [0.5, 0.6) is 0 Å². The van der Waals surface area contributed by atoms with E-state index in [1.165, 1.54) is 6.92 Å². The van der Waals surface area contributed by atoms with Gasteiger partial charge in [-0.2, -0.15) is 0 Å². The van der Waals surface area contributed by atoms with Gasteiger partial charge in [0.15, 0.2) is 0 Å². The van der Waals surface area contributed by atoms with Crippen molar-refractivity contribution in [2.24, 2.45) is 11.3 Å². The third-order valence-corrected chi connectivity index (χ3v) is 6.07. The molecule has 1 saturated carbocycles. The third-order valence-electron chi connectivity index (χ3n) is 6.07. The number of hydrogen-bond donors (Lipinski definition) is 2. The minimum atomic E-state index is -0.485. The van der Waals surface area contributed by atoms with Crippen molar-refractivity contribution >= 4 is 29.2 Å². The van der Waals surface area contributed by atoms with Gasteiger partial charge in [-0.15, -0.1) is 0 Å². The normalized spacial score (nSPS) is 22.0. The van der Waals surface area contributed by atoms with Crippen molar-refractivity contribution in [3.63, 3.8) is 0 Å². The number of allylic oxidation sites excluding steroid dienone is 1. The van der Waals surface area contributed by atoms with E-state index in [9.17, 15) is 14.4 Å². The molecule has 6 heteroatoms. The van der Waals surface area contributed by atoms with Crippen molar-refractivity contribution in [2.45, 2.75) is 32.6 Å². The van der Waals surface area contributed by atoms with Crippen molar-refractivity contribution < 1.29 is 19.1 Å². The number of benzene rings is 2. The summed E-state index contributed by atoms with van der Waals surface area (Å²) in [7, 11) is 0. The second kappa shape index (κ2) is 8.38. The number of rotatable bonds is 6. The monoisotopic (exact) mass is 418 g/mol. The summed E-state index contributed by atoms with van der Waals surface area (Å²) in [5.74, 6) is -0.201. The van der Waals surface area contributed by atoms with Gasteiger partial charge in [0, 0.05) is 24.2 Å². The number of fused-ring (bicyclic) bond motifs is 1. The molecule has 1 aliphatic carbocycles. The highest BCUT2D eigenvalue weighted by atomic mass is 16.5. The second-order valence-electron chi connectivity index (χ2n) is 8.56. The highest BCUT2D eigenvalue weighted by molar-refractivity contribution is 5.93. The molecule has 2 aromatic rings. The molecule has 0 aromatic heterocycles. The van der Waals surface area contributed by atoms with E-state index in [1.807, 2.05) is 30.3 Å². The van der Waals surface area contributed by atoms with Crippen LogP contribution < -0.4 is 10.6 Å². The molecule has 2 aliphatic rings. The highest BCUT2D eigenvalue weighted by Crippen LogP contribution is 2.52. The van der Waals surface area contributed by atoms with Crippen LogP contribution in [-0.2, 0) is 32.0 Å². The summed E-state index contributed by atoms with van der Waals surface area (Å²) in [5.41, 5.74) is 3.85. The molecule has 2 atom stereocenters. The van der Waals surface area contributed by atoms with Crippen molar-refractivity contribution in [3.8, 4) is 0 Å². The number of nitrogens with one attached hydrogen (secondary N) is 2. The van der Waals surface area contributed by atoms with E-state index in [0.29, 0.717) is 30.8 Å². The highest BCUT2D eigenvalue weighted by Gasteiger charge is 2.55. The Hall–Kier alpha value is -3.41. The van der Waals surface area contributed by atoms with Crippen LogP contribution in [0.15, 0.2) is 60.7 Å². The van der Waals surface area contributed by atoms with Crippen LogP contribution in [0.1, 0.15) is 30.9 Å². The van der Waals surface area contributed by atoms with E-state index in [4.69, 9.17) is 4.74 Å². The fraction of sp³-hybridized carbons (Fsp3) is 0.320. The lowest BCUT2D eigenvalue weighted by Crippen LogP contribution is -2.31. The molecule has 2 unspecified atom stereocenters. The molecule has 1 saturated heterocycles. The molecule has 2 N–H and O–H groups in total. The predicted octanol–water partition coefficient (Wildman–Crippen LogP) is 3.88. The first kappa shape index (κ1) is 20.8. The molecular formula is C25H26N2O4. The number of carbonyl (C=O) groups is 3. The van der Waals surface area contributed by atoms with E-state index < -0.39 is 5.41 Å². The largest absolute Gasteiger partial charge is 0.465 e. The molecule has 6 nitrogen and oxygen atoms in total. The van der Waals surface area contributed by atoms with Gasteiger partial charge in [0.2, 0.25) is 11.8 Å². The maximum Gasteiger partial charge on any atom is 0.313 e. The first-order valence-electron chi connectivity index (χ1n) is 10.4. The van der Waals surface area contributed by atoms with Crippen LogP contribution in [-0.4, -0.2) is 24.4 Å². The minimum Gasteiger partial charge on any atom is -0.465 e. The quantitative estimate of drug-likeness (QED) is 0.551. The van der Waals surface area contributed by atoms with E-state index in [-0.39, 0.29) is 30.1 Å². The van der Waals surface area contributed by atoms with E-state index in [2.05, 4.69) is 17.2 Å². The van der Waals surface area contributed by atoms with Gasteiger partial charge in [-0.3, -0.25) is 14.4 Å². The number of hydrogen-bond acceptors (Lipinski definition) is 4. The Morgan fingerprint density at radius 3 is 2.61 bits per heavy atom. The fourth-order valence-electron chi connectivity index (χ4n) is 4.69. The minimum absolute atomic E-state index is 0.116. The Labute approximate surface area is 181 Å². The number of carbonyl (C=O) groups excluding carboxylic acids is 3. The smallest absolute Gasteiger partial charge is 0.313 e. The molecular weight excluding hydrogens is 392 g/mol. The number of cyclic esters (lactones) is 1. The second-order valence-corrected chi connectivity index (χ2v) is 8.56. The summed E-state index contributed by atoms with van der Waals surface area (Å²) in [4.78, 5) is 36.1. The number of ether oxygens (including phenoxy) is 1. The topological polar surface area (TPSA) is 84.5 Å². The average molecular weight is 418 g/mol. The molecule has 4 rings (SSSR count). The first-order valence-corrected chi connectivity index (χ1v) is 10.4. The van der Waals surface area contributed by atoms with E-state index in [1.54, 1.807) is 18.2 Å². The molecule has 1 heterocycles. The summed E-state index contributed by atoms with van der Waals surface area (Å²) >= 11 is 0. The number of amides is 2. The average Bonchev–Trinajstić information content (AvgIpc) is 3.17. The van der Waals surface area contributed by atoms with Gasteiger partial charge in [0.05, 0.1) is 18.4 Å². The Balaban J connectivity index is 1.38. The fourth-order valence-corrected chi connectivity index (χ4v) is 4.69. The van der Waals surface area contributed by atoms with Crippen LogP contribution in [0.4, 0.5) is 11.4 Å². The van der Waals surface area contributed by atoms with Crippen LogP contribution in [0, 0.1) is 11.3 Å². The summed E-state index contributed by atoms with van der Waals surface area (Å²) in [6.45, 7) is 6.01. The van der Waals surface area contributed by atoms with Gasteiger partial charge in [-0.25, -0.2) is 0 Å². The molecule has 0 bridgehead atoms. The van der Waals surface area contributed by atoms with Crippen LogP contribution in [0.3, 0.4) is 0 Å². The zero-order valence-electron chi connectivity index (χ0n) is 17.6. The standard InChI is InChI=1S/C25H26N2O4/c1-16-10-20-15-31-24(30)25(20,13-16)14-18-6-8-21(9-7-18)27-23(29)12-19-4-3-5-22(11-19)26-17(2)28/h3-9,11,20H,1,10,12-15H2,2H3,(H,26,28)(H,27,29).